The molecule has 0 aliphatic carbocycles. The lowest BCUT2D eigenvalue weighted by Gasteiger charge is -2.40. The molecule has 1 fully saturated rings. The maximum atomic E-state index is 12.2. The van der Waals surface area contributed by atoms with E-state index in [4.69, 9.17) is 4.74 Å². The van der Waals surface area contributed by atoms with Crippen LogP contribution in [0.25, 0.3) is 0 Å². The molecule has 1 atom stereocenters. The zero-order chi connectivity index (χ0) is 14.6. The van der Waals surface area contributed by atoms with Crippen LogP contribution in [-0.2, 0) is 4.74 Å². The fourth-order valence-electron chi connectivity index (χ4n) is 2.74. The molecule has 2 heterocycles. The number of carbonyl (C=O) groups is 1. The van der Waals surface area contributed by atoms with Crippen LogP contribution in [0.15, 0.2) is 18.5 Å². The lowest BCUT2D eigenvalue weighted by Crippen LogP contribution is -2.48. The van der Waals surface area contributed by atoms with Gasteiger partial charge in [0, 0.05) is 18.8 Å². The van der Waals surface area contributed by atoms with Crippen LogP contribution in [0, 0.1) is 0 Å². The normalized spacial score (nSPS) is 21.4. The van der Waals surface area contributed by atoms with Gasteiger partial charge in [0.05, 0.1) is 17.4 Å². The Bertz CT molecular complexity index is 472. The maximum absolute atomic E-state index is 12.2. The molecule has 1 aromatic heterocycles. The van der Waals surface area contributed by atoms with Gasteiger partial charge in [-0.2, -0.15) is 0 Å². The molecule has 0 radical (unpaired) electrons. The predicted molar refractivity (Wildman–Crippen MR) is 75.7 cm³/mol. The molecule has 2 rings (SSSR count). The summed E-state index contributed by atoms with van der Waals surface area (Å²) in [5.74, 6) is -0.341. The van der Waals surface area contributed by atoms with Gasteiger partial charge in [0.2, 0.25) is 0 Å². The van der Waals surface area contributed by atoms with Crippen molar-refractivity contribution in [2.24, 2.45) is 0 Å². The van der Waals surface area contributed by atoms with Crippen molar-refractivity contribution in [1.82, 2.24) is 10.3 Å². The summed E-state index contributed by atoms with van der Waals surface area (Å²) in [5, 5.41) is 12.7. The minimum atomic E-state index is -0.252. The second-order valence-corrected chi connectivity index (χ2v) is 5.29. The van der Waals surface area contributed by atoms with E-state index in [1.54, 1.807) is 0 Å². The van der Waals surface area contributed by atoms with E-state index in [0.29, 0.717) is 6.61 Å². The van der Waals surface area contributed by atoms with Crippen LogP contribution in [0.4, 0.5) is 0 Å². The average Bonchev–Trinajstić information content (AvgIpc) is 2.47. The monoisotopic (exact) mass is 278 g/mol. The molecule has 1 aliphatic rings. The number of carbonyl (C=O) groups excluding carboxylic acids is 1. The second-order valence-electron chi connectivity index (χ2n) is 5.29. The first-order valence-electron chi connectivity index (χ1n) is 7.18. The number of pyridine rings is 1. The van der Waals surface area contributed by atoms with Gasteiger partial charge in [0.25, 0.3) is 5.91 Å². The average molecular weight is 278 g/mol. The summed E-state index contributed by atoms with van der Waals surface area (Å²) in [5.41, 5.74) is 0.140. The molecule has 1 aliphatic heterocycles. The quantitative estimate of drug-likeness (QED) is 0.886. The number of rotatable bonds is 4. The first kappa shape index (κ1) is 14.8. The molecule has 2 N–H and O–H groups in total. The van der Waals surface area contributed by atoms with Crippen molar-refractivity contribution in [2.75, 3.05) is 6.61 Å². The van der Waals surface area contributed by atoms with Crippen molar-refractivity contribution in [3.8, 4) is 5.75 Å². The summed E-state index contributed by atoms with van der Waals surface area (Å²) in [6.07, 6.45) is 6.28. The van der Waals surface area contributed by atoms with Gasteiger partial charge in [0.15, 0.2) is 0 Å². The smallest absolute Gasteiger partial charge is 0.255 e. The fraction of sp³-hybridized carbons (Fsp3) is 0.600. The molecule has 1 aromatic rings. The first-order chi connectivity index (χ1) is 9.60. The largest absolute Gasteiger partial charge is 0.505 e. The van der Waals surface area contributed by atoms with Crippen molar-refractivity contribution in [3.63, 3.8) is 0 Å². The number of hydrogen-bond donors (Lipinski definition) is 2. The fourth-order valence-corrected chi connectivity index (χ4v) is 2.74. The van der Waals surface area contributed by atoms with Crippen molar-refractivity contribution in [3.05, 3.63) is 24.0 Å². The Labute approximate surface area is 119 Å². The number of ether oxygens (including phenoxy) is 1. The second kappa shape index (κ2) is 6.22. The third-order valence-corrected chi connectivity index (χ3v) is 4.16. The molecule has 1 unspecified atom stereocenters. The minimum Gasteiger partial charge on any atom is -0.505 e. The van der Waals surface area contributed by atoms with Gasteiger partial charge in [-0.15, -0.1) is 0 Å². The summed E-state index contributed by atoms with van der Waals surface area (Å²) in [7, 11) is 0. The number of nitrogens with zero attached hydrogens (tertiary/aromatic N) is 1. The Morgan fingerprint density at radius 2 is 2.30 bits per heavy atom. The van der Waals surface area contributed by atoms with Gasteiger partial charge < -0.3 is 15.2 Å². The van der Waals surface area contributed by atoms with Gasteiger partial charge >= 0.3 is 0 Å². The van der Waals surface area contributed by atoms with Crippen LogP contribution in [0.3, 0.4) is 0 Å². The number of nitrogens with one attached hydrogen (secondary N) is 1. The molecule has 1 amide bonds. The van der Waals surface area contributed by atoms with E-state index in [1.165, 1.54) is 18.5 Å². The van der Waals surface area contributed by atoms with Gasteiger partial charge in [-0.1, -0.05) is 13.8 Å². The van der Waals surface area contributed by atoms with Gasteiger partial charge in [-0.3, -0.25) is 9.78 Å². The van der Waals surface area contributed by atoms with E-state index in [9.17, 15) is 9.90 Å². The SMILES string of the molecule is CCC1(CC)CC(NC(=O)c2ccncc2O)CCO1. The highest BCUT2D eigenvalue weighted by Gasteiger charge is 2.35. The predicted octanol–water partition coefficient (Wildman–Crippen LogP) is 2.25. The summed E-state index contributed by atoms with van der Waals surface area (Å²) < 4.78 is 5.89. The van der Waals surface area contributed by atoms with Gasteiger partial charge in [-0.25, -0.2) is 0 Å². The van der Waals surface area contributed by atoms with E-state index in [2.05, 4.69) is 24.1 Å². The van der Waals surface area contributed by atoms with E-state index in [-0.39, 0.29) is 28.9 Å². The van der Waals surface area contributed by atoms with Crippen molar-refractivity contribution in [2.45, 2.75) is 51.2 Å². The molecule has 5 nitrogen and oxygen atoms in total. The van der Waals surface area contributed by atoms with Crippen molar-refractivity contribution < 1.29 is 14.6 Å². The summed E-state index contributed by atoms with van der Waals surface area (Å²) in [6, 6.07) is 1.61. The molecule has 20 heavy (non-hydrogen) atoms. The lowest BCUT2D eigenvalue weighted by molar-refractivity contribution is -0.0917. The number of aromatic nitrogens is 1. The molecular formula is C15H22N2O3. The molecule has 110 valence electrons. The number of amides is 1. The summed E-state index contributed by atoms with van der Waals surface area (Å²) in [4.78, 5) is 16.0. The zero-order valence-corrected chi connectivity index (χ0v) is 12.1. The van der Waals surface area contributed by atoms with Crippen molar-refractivity contribution >= 4 is 5.91 Å². The van der Waals surface area contributed by atoms with Crippen LogP contribution >= 0.6 is 0 Å². The molecule has 0 bridgehead atoms. The van der Waals surface area contributed by atoms with Crippen molar-refractivity contribution in [1.29, 1.82) is 0 Å². The standard InChI is InChI=1S/C15H22N2O3/c1-3-15(4-2)9-11(6-8-20-15)17-14(19)12-5-7-16-10-13(12)18/h5,7,10-11,18H,3-4,6,8-9H2,1-2H3,(H,17,19). The van der Waals surface area contributed by atoms with E-state index >= 15 is 0 Å². The van der Waals surface area contributed by atoms with E-state index < -0.39 is 0 Å². The zero-order valence-electron chi connectivity index (χ0n) is 12.1. The van der Waals surface area contributed by atoms with Crippen LogP contribution in [0.2, 0.25) is 0 Å². The Kier molecular flexibility index (Phi) is 4.60. The van der Waals surface area contributed by atoms with Gasteiger partial charge in [-0.05, 0) is 31.7 Å². The van der Waals surface area contributed by atoms with E-state index in [1.807, 2.05) is 0 Å². The highest BCUT2D eigenvalue weighted by molar-refractivity contribution is 5.96. The summed E-state index contributed by atoms with van der Waals surface area (Å²) in [6.45, 7) is 4.89. The molecule has 5 heteroatoms. The lowest BCUT2D eigenvalue weighted by atomic mass is 9.86. The number of hydrogen-bond acceptors (Lipinski definition) is 4. The minimum absolute atomic E-state index is 0.0868. The maximum Gasteiger partial charge on any atom is 0.255 e. The Balaban J connectivity index is 2.03. The summed E-state index contributed by atoms with van der Waals surface area (Å²) >= 11 is 0. The molecule has 0 aromatic carbocycles. The Morgan fingerprint density at radius 1 is 1.55 bits per heavy atom. The van der Waals surface area contributed by atoms with Crippen LogP contribution in [0.5, 0.6) is 5.75 Å². The topological polar surface area (TPSA) is 71.5 Å². The number of aromatic hydroxyl groups is 1. The molecule has 1 saturated heterocycles. The van der Waals surface area contributed by atoms with Crippen LogP contribution < -0.4 is 5.32 Å². The highest BCUT2D eigenvalue weighted by atomic mass is 16.5. The Morgan fingerprint density at radius 3 is 2.95 bits per heavy atom. The third kappa shape index (κ3) is 3.10. The third-order valence-electron chi connectivity index (χ3n) is 4.16. The highest BCUT2D eigenvalue weighted by Crippen LogP contribution is 2.31. The Hall–Kier alpha value is -1.62. The molecule has 0 saturated carbocycles. The molecular weight excluding hydrogens is 256 g/mol. The van der Waals surface area contributed by atoms with Crippen LogP contribution in [-0.4, -0.2) is 34.2 Å². The molecule has 0 spiro atoms. The van der Waals surface area contributed by atoms with Crippen LogP contribution in [0.1, 0.15) is 49.9 Å². The van der Waals surface area contributed by atoms with Gasteiger partial charge in [0.1, 0.15) is 5.75 Å². The van der Waals surface area contributed by atoms with E-state index in [0.717, 1.165) is 25.7 Å². The first-order valence-corrected chi connectivity index (χ1v) is 7.18.